The van der Waals surface area contributed by atoms with Crippen LogP contribution < -0.4 is 4.80 Å². The molecule has 1 aromatic heterocycles. The van der Waals surface area contributed by atoms with Crippen molar-refractivity contribution in [3.8, 4) is 0 Å². The highest BCUT2D eigenvalue weighted by Crippen LogP contribution is 2.18. The minimum Gasteiger partial charge on any atom is -0.313 e. The second-order valence-corrected chi connectivity index (χ2v) is 3.95. The molecule has 0 radical (unpaired) electrons. The van der Waals surface area contributed by atoms with Gasteiger partial charge in [-0.1, -0.05) is 17.4 Å². The molecule has 14 heavy (non-hydrogen) atoms. The van der Waals surface area contributed by atoms with Gasteiger partial charge in [0.05, 0.1) is 10.2 Å². The molecular formula is C10H9FN2S. The first-order chi connectivity index (χ1) is 6.72. The molecule has 2 aromatic rings. The summed E-state index contributed by atoms with van der Waals surface area (Å²) in [5.41, 5.74) is 0.890. The lowest BCUT2D eigenvalue weighted by Crippen LogP contribution is -2.11. The molecule has 4 heteroatoms. The van der Waals surface area contributed by atoms with Crippen molar-refractivity contribution in [2.24, 2.45) is 0 Å². The van der Waals surface area contributed by atoms with Gasteiger partial charge in [0.15, 0.2) is 4.80 Å². The summed E-state index contributed by atoms with van der Waals surface area (Å²) in [6.07, 6.45) is 1.73. The number of aromatic nitrogens is 1. The van der Waals surface area contributed by atoms with Gasteiger partial charge < -0.3 is 4.57 Å². The summed E-state index contributed by atoms with van der Waals surface area (Å²) < 4.78 is 15.5. The molecule has 0 fully saturated rings. The Labute approximate surface area is 84.4 Å². The van der Waals surface area contributed by atoms with E-state index in [2.05, 4.69) is 6.58 Å². The van der Waals surface area contributed by atoms with Crippen molar-refractivity contribution in [2.75, 3.05) is 0 Å². The SMILES string of the molecule is C=CCn1c(=N)sc2cc(F)ccc21. The molecule has 0 amide bonds. The van der Waals surface area contributed by atoms with Crippen molar-refractivity contribution in [3.05, 3.63) is 41.5 Å². The Morgan fingerprint density at radius 2 is 2.36 bits per heavy atom. The van der Waals surface area contributed by atoms with Gasteiger partial charge in [-0.3, -0.25) is 5.41 Å². The van der Waals surface area contributed by atoms with E-state index in [9.17, 15) is 4.39 Å². The number of nitrogens with zero attached hydrogens (tertiary/aromatic N) is 1. The minimum atomic E-state index is -0.260. The van der Waals surface area contributed by atoms with Gasteiger partial charge in [0.2, 0.25) is 0 Å². The molecule has 0 atom stereocenters. The van der Waals surface area contributed by atoms with Crippen molar-refractivity contribution >= 4 is 21.6 Å². The fourth-order valence-corrected chi connectivity index (χ4v) is 2.32. The van der Waals surface area contributed by atoms with E-state index in [1.54, 1.807) is 16.7 Å². The fourth-order valence-electron chi connectivity index (χ4n) is 1.37. The smallest absolute Gasteiger partial charge is 0.183 e. The summed E-state index contributed by atoms with van der Waals surface area (Å²) in [6.45, 7) is 4.22. The molecule has 1 heterocycles. The number of nitrogens with one attached hydrogen (secondary N) is 1. The van der Waals surface area contributed by atoms with Crippen LogP contribution in [0.3, 0.4) is 0 Å². The maximum absolute atomic E-state index is 12.9. The average molecular weight is 208 g/mol. The van der Waals surface area contributed by atoms with E-state index < -0.39 is 0 Å². The average Bonchev–Trinajstić information content (AvgIpc) is 2.43. The van der Waals surface area contributed by atoms with E-state index in [1.807, 2.05) is 0 Å². The third kappa shape index (κ3) is 1.37. The Kier molecular flexibility index (Phi) is 2.21. The highest BCUT2D eigenvalue weighted by Gasteiger charge is 2.04. The summed E-state index contributed by atoms with van der Waals surface area (Å²) in [6, 6.07) is 4.56. The van der Waals surface area contributed by atoms with Crippen LogP contribution in [-0.2, 0) is 6.54 Å². The van der Waals surface area contributed by atoms with Crippen LogP contribution in [0.4, 0.5) is 4.39 Å². The fraction of sp³-hybridized carbons (Fsp3) is 0.100. The predicted octanol–water partition coefficient (Wildman–Crippen LogP) is 2.51. The largest absolute Gasteiger partial charge is 0.313 e. The van der Waals surface area contributed by atoms with Gasteiger partial charge in [0.25, 0.3) is 0 Å². The Bertz CT molecular complexity index is 539. The van der Waals surface area contributed by atoms with Crippen LogP contribution in [0, 0.1) is 11.2 Å². The Morgan fingerprint density at radius 1 is 1.57 bits per heavy atom. The van der Waals surface area contributed by atoms with E-state index >= 15 is 0 Å². The second-order valence-electron chi connectivity index (χ2n) is 2.92. The highest BCUT2D eigenvalue weighted by atomic mass is 32.1. The number of rotatable bonds is 2. The van der Waals surface area contributed by atoms with Crippen LogP contribution in [0.5, 0.6) is 0 Å². The van der Waals surface area contributed by atoms with Crippen LogP contribution in [0.25, 0.3) is 10.2 Å². The zero-order chi connectivity index (χ0) is 10.1. The van der Waals surface area contributed by atoms with Crippen LogP contribution in [0.1, 0.15) is 0 Å². The molecule has 2 nitrogen and oxygen atoms in total. The first-order valence-corrected chi connectivity index (χ1v) is 4.98. The number of halogens is 1. The van der Waals surface area contributed by atoms with Crippen molar-refractivity contribution in [1.29, 1.82) is 5.41 Å². The maximum atomic E-state index is 12.9. The molecule has 0 saturated heterocycles. The molecule has 72 valence electrons. The topological polar surface area (TPSA) is 28.8 Å². The van der Waals surface area contributed by atoms with Gasteiger partial charge in [-0.15, -0.1) is 6.58 Å². The van der Waals surface area contributed by atoms with E-state index in [4.69, 9.17) is 5.41 Å². The zero-order valence-corrected chi connectivity index (χ0v) is 8.27. The third-order valence-electron chi connectivity index (χ3n) is 1.98. The Balaban J connectivity index is 2.76. The summed E-state index contributed by atoms with van der Waals surface area (Å²) in [5.74, 6) is -0.260. The lowest BCUT2D eigenvalue weighted by atomic mass is 10.3. The molecule has 0 aliphatic carbocycles. The molecule has 2 rings (SSSR count). The zero-order valence-electron chi connectivity index (χ0n) is 7.46. The molecule has 0 unspecified atom stereocenters. The van der Waals surface area contributed by atoms with Gasteiger partial charge in [-0.2, -0.15) is 0 Å². The minimum absolute atomic E-state index is 0.260. The summed E-state index contributed by atoms with van der Waals surface area (Å²) in [5, 5.41) is 7.68. The third-order valence-corrected chi connectivity index (χ3v) is 2.94. The van der Waals surface area contributed by atoms with Gasteiger partial charge >= 0.3 is 0 Å². The monoisotopic (exact) mass is 208 g/mol. The first-order valence-electron chi connectivity index (χ1n) is 4.17. The molecule has 0 aliphatic heterocycles. The van der Waals surface area contributed by atoms with E-state index in [0.717, 1.165) is 10.2 Å². The molecular weight excluding hydrogens is 199 g/mol. The van der Waals surface area contributed by atoms with E-state index in [-0.39, 0.29) is 5.82 Å². The van der Waals surface area contributed by atoms with Crippen molar-refractivity contribution in [2.45, 2.75) is 6.54 Å². The van der Waals surface area contributed by atoms with Gasteiger partial charge in [0, 0.05) is 6.54 Å². The number of allylic oxidation sites excluding steroid dienone is 1. The normalized spacial score (nSPS) is 10.6. The quantitative estimate of drug-likeness (QED) is 0.735. The van der Waals surface area contributed by atoms with Gasteiger partial charge in [-0.05, 0) is 18.2 Å². The van der Waals surface area contributed by atoms with Crippen molar-refractivity contribution < 1.29 is 4.39 Å². The van der Waals surface area contributed by atoms with E-state index in [0.29, 0.717) is 11.3 Å². The first kappa shape index (κ1) is 9.15. The standard InChI is InChI=1S/C10H9FN2S/c1-2-5-13-8-4-3-7(11)6-9(8)14-10(13)12/h2-4,6,12H,1,5H2. The molecule has 0 saturated carbocycles. The summed E-state index contributed by atoms with van der Waals surface area (Å²) in [7, 11) is 0. The molecule has 0 spiro atoms. The maximum Gasteiger partial charge on any atom is 0.183 e. The molecule has 1 aromatic carbocycles. The lowest BCUT2D eigenvalue weighted by molar-refractivity contribution is 0.629. The van der Waals surface area contributed by atoms with Crippen LogP contribution in [0.2, 0.25) is 0 Å². The molecule has 0 bridgehead atoms. The van der Waals surface area contributed by atoms with Crippen LogP contribution >= 0.6 is 11.3 Å². The number of fused-ring (bicyclic) bond motifs is 1. The van der Waals surface area contributed by atoms with Gasteiger partial charge in [0.1, 0.15) is 5.82 Å². The summed E-state index contributed by atoms with van der Waals surface area (Å²) >= 11 is 1.27. The van der Waals surface area contributed by atoms with Crippen LogP contribution in [-0.4, -0.2) is 4.57 Å². The number of benzene rings is 1. The van der Waals surface area contributed by atoms with Crippen LogP contribution in [0.15, 0.2) is 30.9 Å². The van der Waals surface area contributed by atoms with Crippen molar-refractivity contribution in [1.82, 2.24) is 4.57 Å². The highest BCUT2D eigenvalue weighted by molar-refractivity contribution is 7.16. The number of hydrogen-bond acceptors (Lipinski definition) is 2. The molecule has 1 N–H and O–H groups in total. The van der Waals surface area contributed by atoms with Crippen molar-refractivity contribution in [3.63, 3.8) is 0 Å². The number of hydrogen-bond donors (Lipinski definition) is 1. The lowest BCUT2D eigenvalue weighted by Gasteiger charge is -1.98. The molecule has 0 aliphatic rings. The summed E-state index contributed by atoms with van der Waals surface area (Å²) in [4.78, 5) is 0.422. The van der Waals surface area contributed by atoms with E-state index in [1.165, 1.54) is 23.5 Å². The number of thiazole rings is 1. The predicted molar refractivity (Wildman–Crippen MR) is 55.8 cm³/mol. The Hall–Kier alpha value is -1.42. The second kappa shape index (κ2) is 3.38. The Morgan fingerprint density at radius 3 is 3.07 bits per heavy atom. The van der Waals surface area contributed by atoms with Gasteiger partial charge in [-0.25, -0.2) is 4.39 Å².